The molecule has 0 N–H and O–H groups in total. The first kappa shape index (κ1) is 43.1. The molecule has 0 bridgehead atoms. The maximum atomic E-state index is 3.76. The summed E-state index contributed by atoms with van der Waals surface area (Å²) >= 11 is 7.51. The zero-order chi connectivity index (χ0) is 44.8. The van der Waals surface area contributed by atoms with E-state index in [1.54, 1.807) is 11.1 Å². The van der Waals surface area contributed by atoms with Gasteiger partial charge in [0.25, 0.3) is 0 Å². The maximum absolute atomic E-state index is 3.76. The molecule has 0 saturated carbocycles. The molecule has 0 heterocycles. The molecule has 0 amide bonds. The molecule has 9 rings (SSSR count). The van der Waals surface area contributed by atoms with E-state index in [9.17, 15) is 0 Å². The minimum absolute atomic E-state index is 0.0119. The lowest BCUT2D eigenvalue weighted by Gasteiger charge is -2.56. The number of hydrogen-bond donors (Lipinski definition) is 0. The van der Waals surface area contributed by atoms with Crippen LogP contribution in [0, 0.1) is 21.7 Å². The van der Waals surface area contributed by atoms with Gasteiger partial charge in [0.15, 0.2) is 0 Å². The summed E-state index contributed by atoms with van der Waals surface area (Å²) in [5.41, 5.74) is 17.9. The van der Waals surface area contributed by atoms with Crippen molar-refractivity contribution in [2.75, 3.05) is 4.90 Å². The van der Waals surface area contributed by atoms with Crippen LogP contribution in [0.2, 0.25) is 0 Å². The lowest BCUT2D eigenvalue weighted by Crippen LogP contribution is -2.55. The van der Waals surface area contributed by atoms with E-state index in [1.165, 1.54) is 50.2 Å². The molecule has 0 aromatic heterocycles. The predicted molar refractivity (Wildman–Crippen MR) is 269 cm³/mol. The minimum atomic E-state index is -0.0322. The van der Waals surface area contributed by atoms with Gasteiger partial charge in [-0.3, -0.25) is 0 Å². The third-order valence-electron chi connectivity index (χ3n) is 21.3. The van der Waals surface area contributed by atoms with Crippen LogP contribution in [0.1, 0.15) is 158 Å². The standard InChI is InChI=1S/C58H69Br2N/c1-49(2)42-29-35(30-43-47(42)57(17,53(49,9)10)54(11,12)50(43,3)4)34-19-28-41(46(33-34)61(39-24-20-37(59)21-25-39)40-26-22-38(60)23-27-40)36-31-44-48-45(32-36)52(7,8)56(15,16)58(48,18)55(13,14)51(44,5)6/h19-33H,1-18H3. The highest BCUT2D eigenvalue weighted by Gasteiger charge is 2.73. The highest BCUT2D eigenvalue weighted by Crippen LogP contribution is 2.78. The highest BCUT2D eigenvalue weighted by molar-refractivity contribution is 9.10. The van der Waals surface area contributed by atoms with E-state index in [1.807, 2.05) is 0 Å². The molecule has 5 aromatic carbocycles. The second-order valence-corrected chi connectivity index (χ2v) is 26.0. The molecule has 0 unspecified atom stereocenters. The zero-order valence-corrected chi connectivity index (χ0v) is 43.5. The molecule has 0 spiro atoms. The molecular weight excluding hydrogens is 870 g/mol. The third kappa shape index (κ3) is 4.75. The summed E-state index contributed by atoms with van der Waals surface area (Å²) < 4.78 is 2.14. The van der Waals surface area contributed by atoms with E-state index < -0.39 is 0 Å². The van der Waals surface area contributed by atoms with Crippen molar-refractivity contribution in [3.05, 3.63) is 133 Å². The average molecular weight is 940 g/mol. The van der Waals surface area contributed by atoms with Gasteiger partial charge in [-0.25, -0.2) is 0 Å². The Morgan fingerprint density at radius 2 is 0.656 bits per heavy atom. The molecule has 1 nitrogen and oxygen atoms in total. The topological polar surface area (TPSA) is 3.24 Å². The van der Waals surface area contributed by atoms with Gasteiger partial charge in [-0.2, -0.15) is 0 Å². The Kier molecular flexibility index (Phi) is 8.73. The number of benzene rings is 5. The largest absolute Gasteiger partial charge is 0.310 e. The molecular formula is C58H69Br2N. The fourth-order valence-electron chi connectivity index (χ4n) is 14.1. The Bertz CT molecular complexity index is 2530. The molecule has 320 valence electrons. The van der Waals surface area contributed by atoms with Crippen molar-refractivity contribution in [1.82, 2.24) is 0 Å². The fraction of sp³-hybridized carbons (Fsp3) is 0.483. The van der Waals surface area contributed by atoms with Crippen LogP contribution in [-0.4, -0.2) is 0 Å². The van der Waals surface area contributed by atoms with Crippen molar-refractivity contribution >= 4 is 48.9 Å². The molecule has 0 aliphatic heterocycles. The first-order chi connectivity index (χ1) is 27.9. The molecule has 5 aromatic rings. The number of hydrogen-bond acceptors (Lipinski definition) is 1. The van der Waals surface area contributed by atoms with E-state index in [2.05, 4.69) is 252 Å². The van der Waals surface area contributed by atoms with E-state index >= 15 is 0 Å². The molecule has 4 aliphatic rings. The van der Waals surface area contributed by atoms with Gasteiger partial charge in [0.2, 0.25) is 0 Å². The summed E-state index contributed by atoms with van der Waals surface area (Å²) in [7, 11) is 0. The molecule has 4 aliphatic carbocycles. The van der Waals surface area contributed by atoms with Crippen LogP contribution >= 0.6 is 31.9 Å². The SMILES string of the molecule is CC1(C)c2cc(-c3ccc(-c4cc5c6c(c4)C(C)(C)C(C)(C)C6(C)C(C)(C)C5(C)C)c(N(c4ccc(Br)cc4)c4ccc(Br)cc4)c3)cc3c2C(C)(C1(C)C)C(C)(C)C3(C)C. The number of rotatable bonds is 5. The number of anilines is 3. The van der Waals surface area contributed by atoms with Gasteiger partial charge in [0, 0.05) is 36.7 Å². The molecule has 61 heavy (non-hydrogen) atoms. The monoisotopic (exact) mass is 937 g/mol. The summed E-state index contributed by atoms with van der Waals surface area (Å²) in [5.74, 6) is 0. The molecule has 0 atom stereocenters. The summed E-state index contributed by atoms with van der Waals surface area (Å²) in [5, 5.41) is 0. The first-order valence-electron chi connectivity index (χ1n) is 22.7. The smallest absolute Gasteiger partial charge is 0.0546 e. The molecule has 0 radical (unpaired) electrons. The van der Waals surface area contributed by atoms with E-state index in [-0.39, 0.29) is 54.1 Å². The van der Waals surface area contributed by atoms with Crippen LogP contribution < -0.4 is 4.90 Å². The van der Waals surface area contributed by atoms with Gasteiger partial charge >= 0.3 is 0 Å². The van der Waals surface area contributed by atoms with Gasteiger partial charge in [0.1, 0.15) is 0 Å². The Balaban J connectivity index is 1.36. The van der Waals surface area contributed by atoms with Crippen molar-refractivity contribution < 1.29 is 0 Å². The molecule has 3 heteroatoms. The van der Waals surface area contributed by atoms with Crippen LogP contribution in [0.4, 0.5) is 17.1 Å². The quantitative estimate of drug-likeness (QED) is 0.170. The minimum Gasteiger partial charge on any atom is -0.310 e. The summed E-state index contributed by atoms with van der Waals surface area (Å²) in [6.45, 7) is 45.5. The lowest BCUT2D eigenvalue weighted by atomic mass is 9.47. The number of nitrogens with zero attached hydrogens (tertiary/aromatic N) is 1. The normalized spacial score (nSPS) is 23.4. The Hall–Kier alpha value is -3.14. The zero-order valence-electron chi connectivity index (χ0n) is 40.4. The van der Waals surface area contributed by atoms with Crippen LogP contribution in [0.5, 0.6) is 0 Å². The first-order valence-corrected chi connectivity index (χ1v) is 24.3. The van der Waals surface area contributed by atoms with Gasteiger partial charge < -0.3 is 4.90 Å². The summed E-state index contributed by atoms with van der Waals surface area (Å²) in [4.78, 5) is 2.49. The lowest BCUT2D eigenvalue weighted by molar-refractivity contribution is -0.0105. The second kappa shape index (κ2) is 12.3. The Morgan fingerprint density at radius 1 is 0.344 bits per heavy atom. The van der Waals surface area contributed by atoms with Crippen molar-refractivity contribution in [3.8, 4) is 22.3 Å². The van der Waals surface area contributed by atoms with Crippen LogP contribution in [0.3, 0.4) is 0 Å². The fourth-order valence-corrected chi connectivity index (χ4v) is 14.6. The van der Waals surface area contributed by atoms with Gasteiger partial charge in [0.05, 0.1) is 5.69 Å². The van der Waals surface area contributed by atoms with Crippen molar-refractivity contribution in [2.24, 2.45) is 21.7 Å². The van der Waals surface area contributed by atoms with Gasteiger partial charge in [-0.05, 0) is 148 Å². The highest BCUT2D eigenvalue weighted by atomic mass is 79.9. The van der Waals surface area contributed by atoms with Crippen molar-refractivity contribution in [3.63, 3.8) is 0 Å². The van der Waals surface area contributed by atoms with Crippen molar-refractivity contribution in [2.45, 2.75) is 157 Å². The summed E-state index contributed by atoms with van der Waals surface area (Å²) in [6, 6.07) is 35.4. The maximum Gasteiger partial charge on any atom is 0.0546 e. The van der Waals surface area contributed by atoms with Crippen LogP contribution in [-0.2, 0) is 32.5 Å². The average Bonchev–Trinajstić information content (AvgIpc) is 3.53. The molecule has 0 fully saturated rings. The third-order valence-corrected chi connectivity index (χ3v) is 22.3. The van der Waals surface area contributed by atoms with Gasteiger partial charge in [-0.1, -0.05) is 193 Å². The Morgan fingerprint density at radius 3 is 0.984 bits per heavy atom. The van der Waals surface area contributed by atoms with E-state index in [4.69, 9.17) is 0 Å². The van der Waals surface area contributed by atoms with E-state index in [0.29, 0.717) is 0 Å². The van der Waals surface area contributed by atoms with Crippen LogP contribution in [0.15, 0.2) is 99.9 Å². The predicted octanol–water partition coefficient (Wildman–Crippen LogP) is 17.8. The van der Waals surface area contributed by atoms with Gasteiger partial charge in [-0.15, -0.1) is 0 Å². The van der Waals surface area contributed by atoms with E-state index in [0.717, 1.165) is 20.3 Å². The Labute approximate surface area is 385 Å². The summed E-state index contributed by atoms with van der Waals surface area (Å²) in [6.07, 6.45) is 0. The van der Waals surface area contributed by atoms with Crippen molar-refractivity contribution in [1.29, 1.82) is 0 Å². The molecule has 0 saturated heterocycles. The van der Waals surface area contributed by atoms with Crippen LogP contribution in [0.25, 0.3) is 22.3 Å². The second-order valence-electron chi connectivity index (χ2n) is 24.2. The number of halogens is 2.